The van der Waals surface area contributed by atoms with Crippen LogP contribution < -0.4 is 0 Å². The molecule has 2 aromatic rings. The second-order valence-corrected chi connectivity index (χ2v) is 3.02. The van der Waals surface area contributed by atoms with Gasteiger partial charge >= 0.3 is 0 Å². The third-order valence-corrected chi connectivity index (χ3v) is 1.33. The molecule has 0 fully saturated rings. The molecule has 0 aliphatic rings. The van der Waals surface area contributed by atoms with E-state index in [1.807, 2.05) is 128 Å². The summed E-state index contributed by atoms with van der Waals surface area (Å²) in [7, 11) is 0. The van der Waals surface area contributed by atoms with Gasteiger partial charge in [0.2, 0.25) is 0 Å². The van der Waals surface area contributed by atoms with E-state index < -0.39 is 0 Å². The molecule has 2 aromatic carbocycles. The van der Waals surface area contributed by atoms with E-state index in [9.17, 15) is 0 Å². The molecule has 0 aliphatic heterocycles. The van der Waals surface area contributed by atoms with Crippen molar-refractivity contribution in [2.24, 2.45) is 0 Å². The first-order chi connectivity index (χ1) is 11.4. The molecule has 0 amide bonds. The van der Waals surface area contributed by atoms with Gasteiger partial charge in [0.15, 0.2) is 0 Å². The van der Waals surface area contributed by atoms with Crippen LogP contribution in [-0.2, 0) is 0 Å². The molecule has 0 radical (unpaired) electrons. The second kappa shape index (κ2) is 68.4. The van der Waals surface area contributed by atoms with E-state index >= 15 is 0 Å². The van der Waals surface area contributed by atoms with Crippen molar-refractivity contribution in [1.29, 1.82) is 0 Å². The minimum atomic E-state index is 0. The summed E-state index contributed by atoms with van der Waals surface area (Å²) in [5.74, 6) is 0. The topological polar surface area (TPSA) is 0 Å². The predicted molar refractivity (Wildman–Crippen MR) is 121 cm³/mol. The fourth-order valence-corrected chi connectivity index (χ4v) is 0.770. The van der Waals surface area contributed by atoms with E-state index in [0.717, 1.165) is 0 Å². The summed E-state index contributed by atoms with van der Waals surface area (Å²) >= 11 is 0. The molecule has 0 saturated carbocycles. The van der Waals surface area contributed by atoms with Crippen molar-refractivity contribution in [3.63, 3.8) is 0 Å². The first-order valence-electron chi connectivity index (χ1n) is 9.41. The van der Waals surface area contributed by atoms with Crippen molar-refractivity contribution < 1.29 is 0 Å². The molecule has 0 heteroatoms. The molecule has 0 aliphatic carbocycles. The zero-order chi connectivity index (χ0) is 19.2. The lowest BCUT2D eigenvalue weighted by molar-refractivity contribution is 1.09. The molecule has 144 valence electrons. The Bertz CT molecular complexity index is 188. The van der Waals surface area contributed by atoms with E-state index in [-0.39, 0.29) is 7.43 Å². The molecule has 0 bridgehead atoms. The van der Waals surface area contributed by atoms with Gasteiger partial charge in [0.25, 0.3) is 0 Å². The van der Waals surface area contributed by atoms with Gasteiger partial charge in [0, 0.05) is 0 Å². The van der Waals surface area contributed by atoms with Crippen LogP contribution in [0.4, 0.5) is 0 Å². The molecule has 24 heavy (non-hydrogen) atoms. The number of rotatable bonds is 0. The lowest BCUT2D eigenvalue weighted by Crippen LogP contribution is -1.47. The highest BCUT2D eigenvalue weighted by molar-refractivity contribution is 4.99. The summed E-state index contributed by atoms with van der Waals surface area (Å²) in [6.45, 7) is 20.2. The van der Waals surface area contributed by atoms with E-state index in [2.05, 4.69) is 13.8 Å². The Hall–Kier alpha value is -1.56. The van der Waals surface area contributed by atoms with Gasteiger partial charge in [-0.15, -0.1) is 0 Å². The molecular weight excluding hydrogens is 288 g/mol. The second-order valence-electron chi connectivity index (χ2n) is 3.02. The van der Waals surface area contributed by atoms with Crippen LogP contribution in [-0.4, -0.2) is 0 Å². The summed E-state index contributed by atoms with van der Waals surface area (Å²) < 4.78 is 0. The van der Waals surface area contributed by atoms with Crippen LogP contribution in [0.3, 0.4) is 0 Å². The van der Waals surface area contributed by atoms with Crippen molar-refractivity contribution in [3.8, 4) is 0 Å². The van der Waals surface area contributed by atoms with Gasteiger partial charge in [0.05, 0.1) is 0 Å². The summed E-state index contributed by atoms with van der Waals surface area (Å²) in [6, 6.07) is 24.0. The highest BCUT2D eigenvalue weighted by Crippen LogP contribution is 1.80. The zero-order valence-electron chi connectivity index (χ0n) is 17.6. The predicted octanol–water partition coefficient (Wildman–Crippen LogP) is 9.53. The third-order valence-electron chi connectivity index (χ3n) is 1.33. The minimum absolute atomic E-state index is 0. The maximum Gasteiger partial charge on any atom is -0.0590 e. The lowest BCUT2D eigenvalue weighted by Gasteiger charge is -1.69. The first-order valence-corrected chi connectivity index (χ1v) is 9.41. The van der Waals surface area contributed by atoms with E-state index in [0.29, 0.717) is 0 Å². The SMILES string of the molecule is C.CC.CC.CC.CC.CCC.c1ccccc1.c1ccccc1. The van der Waals surface area contributed by atoms with Crippen molar-refractivity contribution in [3.05, 3.63) is 72.8 Å². The molecule has 0 atom stereocenters. The molecular formula is C24H48. The highest BCUT2D eigenvalue weighted by Gasteiger charge is 1.58. The van der Waals surface area contributed by atoms with Gasteiger partial charge in [-0.1, -0.05) is 156 Å². The standard InChI is InChI=1S/2C6H6.C3H8.4C2H6.CH4/c2*1-2-4-6-5-3-1;1-3-2;4*1-2;/h2*1-6H;3H2,1-2H3;4*1-2H3;1H4. The summed E-state index contributed by atoms with van der Waals surface area (Å²) in [4.78, 5) is 0. The van der Waals surface area contributed by atoms with Gasteiger partial charge in [-0.3, -0.25) is 0 Å². The first kappa shape index (κ1) is 38.2. The monoisotopic (exact) mass is 336 g/mol. The van der Waals surface area contributed by atoms with Gasteiger partial charge in [-0.2, -0.15) is 0 Å². The molecule has 0 unspecified atom stereocenters. The van der Waals surface area contributed by atoms with Gasteiger partial charge in [-0.05, 0) is 0 Å². The Kier molecular flexibility index (Phi) is 109. The van der Waals surface area contributed by atoms with Gasteiger partial charge in [-0.25, -0.2) is 0 Å². The average Bonchev–Trinajstić information content (AvgIpc) is 2.72. The van der Waals surface area contributed by atoms with E-state index in [4.69, 9.17) is 0 Å². The van der Waals surface area contributed by atoms with Crippen molar-refractivity contribution >= 4 is 0 Å². The smallest absolute Gasteiger partial charge is 0.0590 e. The summed E-state index contributed by atoms with van der Waals surface area (Å²) in [6.07, 6.45) is 1.25. The van der Waals surface area contributed by atoms with Crippen LogP contribution in [0.5, 0.6) is 0 Å². The maximum absolute atomic E-state index is 2.12. The van der Waals surface area contributed by atoms with Crippen molar-refractivity contribution in [1.82, 2.24) is 0 Å². The largest absolute Gasteiger partial charge is 0.0776 e. The lowest BCUT2D eigenvalue weighted by atomic mass is 10.4. The van der Waals surface area contributed by atoms with Crippen LogP contribution in [0.2, 0.25) is 0 Å². The Morgan fingerprint density at radius 1 is 0.333 bits per heavy atom. The minimum Gasteiger partial charge on any atom is -0.0776 e. The molecule has 0 aromatic heterocycles. The Balaban J connectivity index is -0.0000000425. The van der Waals surface area contributed by atoms with Crippen molar-refractivity contribution in [2.75, 3.05) is 0 Å². The van der Waals surface area contributed by atoms with Crippen LogP contribution in [0.25, 0.3) is 0 Å². The quantitative estimate of drug-likeness (QED) is 0.449. The molecule has 0 spiro atoms. The van der Waals surface area contributed by atoms with Crippen molar-refractivity contribution in [2.45, 2.75) is 83.1 Å². The van der Waals surface area contributed by atoms with Crippen LogP contribution in [0.1, 0.15) is 83.1 Å². The maximum atomic E-state index is 2.12. The van der Waals surface area contributed by atoms with Gasteiger partial charge in [0.1, 0.15) is 0 Å². The fourth-order valence-electron chi connectivity index (χ4n) is 0.770. The van der Waals surface area contributed by atoms with Crippen LogP contribution in [0.15, 0.2) is 72.8 Å². The van der Waals surface area contributed by atoms with Crippen LogP contribution in [0, 0.1) is 0 Å². The molecule has 0 nitrogen and oxygen atoms in total. The average molecular weight is 337 g/mol. The number of benzene rings is 2. The number of hydrogen-bond donors (Lipinski definition) is 0. The van der Waals surface area contributed by atoms with E-state index in [1.54, 1.807) is 0 Å². The van der Waals surface area contributed by atoms with Gasteiger partial charge < -0.3 is 0 Å². The Labute approximate surface area is 156 Å². The molecule has 0 heterocycles. The normalized spacial score (nSPS) is 5.75. The third kappa shape index (κ3) is 70.9. The number of hydrogen-bond acceptors (Lipinski definition) is 0. The van der Waals surface area contributed by atoms with E-state index in [1.165, 1.54) is 6.42 Å². The summed E-state index contributed by atoms with van der Waals surface area (Å²) in [5.41, 5.74) is 0. The zero-order valence-corrected chi connectivity index (χ0v) is 17.6. The Morgan fingerprint density at radius 2 is 0.375 bits per heavy atom. The molecule has 0 saturated heterocycles. The highest BCUT2D eigenvalue weighted by atomic mass is 13.7. The fraction of sp³-hybridized carbons (Fsp3) is 0.500. The molecule has 2 rings (SSSR count). The Morgan fingerprint density at radius 3 is 0.417 bits per heavy atom. The summed E-state index contributed by atoms with van der Waals surface area (Å²) in [5, 5.41) is 0. The molecule has 0 N–H and O–H groups in total. The van der Waals surface area contributed by atoms with Crippen LogP contribution >= 0.6 is 0 Å².